The Morgan fingerprint density at radius 3 is 2.61 bits per heavy atom. The van der Waals surface area contributed by atoms with Crippen molar-refractivity contribution in [3.8, 4) is 0 Å². The fourth-order valence-electron chi connectivity index (χ4n) is 1.54. The van der Waals surface area contributed by atoms with Crippen molar-refractivity contribution in [3.63, 3.8) is 0 Å². The predicted molar refractivity (Wildman–Crippen MR) is 83.7 cm³/mol. The van der Waals surface area contributed by atoms with Crippen molar-refractivity contribution in [2.24, 2.45) is 0 Å². The average molecular weight is 398 g/mol. The summed E-state index contributed by atoms with van der Waals surface area (Å²) in [5.41, 5.74) is 0.625. The number of hydrogen-bond acceptors (Lipinski definition) is 1. The highest BCUT2D eigenvalue weighted by molar-refractivity contribution is 9.10. The zero-order valence-corrected chi connectivity index (χ0v) is 13.9. The van der Waals surface area contributed by atoms with Crippen molar-refractivity contribution in [2.75, 3.05) is 11.9 Å². The van der Waals surface area contributed by atoms with Gasteiger partial charge in [0.25, 0.3) is 5.91 Å². The van der Waals surface area contributed by atoms with Crippen LogP contribution in [0.25, 0.3) is 0 Å². The number of unbranched alkanes of at least 4 members (excludes halogenated alkanes) is 3. The number of benzene rings is 1. The Morgan fingerprint density at radius 1 is 1.22 bits per heavy atom. The molecule has 0 bridgehead atoms. The van der Waals surface area contributed by atoms with Crippen molar-refractivity contribution in [1.82, 2.24) is 5.32 Å². The third kappa shape index (κ3) is 5.72. The molecule has 1 rings (SSSR count). The van der Waals surface area contributed by atoms with Gasteiger partial charge in [-0.25, -0.2) is 0 Å². The molecule has 0 aliphatic carbocycles. The fourth-order valence-corrected chi connectivity index (χ4v) is 2.80. The first-order chi connectivity index (χ1) is 8.65. The molecule has 0 aliphatic rings. The van der Waals surface area contributed by atoms with Crippen LogP contribution in [0, 0.1) is 0 Å². The largest absolute Gasteiger partial charge is 0.352 e. The molecule has 0 aromatic heterocycles. The minimum Gasteiger partial charge on any atom is -0.352 e. The van der Waals surface area contributed by atoms with E-state index in [1.165, 1.54) is 12.8 Å². The second-order valence-electron chi connectivity index (χ2n) is 3.98. The topological polar surface area (TPSA) is 29.1 Å². The number of amides is 1. The highest BCUT2D eigenvalue weighted by Gasteiger charge is 2.09. The summed E-state index contributed by atoms with van der Waals surface area (Å²) in [6.45, 7) is 0.718. The van der Waals surface area contributed by atoms with Crippen molar-refractivity contribution in [1.29, 1.82) is 0 Å². The second kappa shape index (κ2) is 8.94. The SMILES string of the molecule is O=C(NCCCCCCBr)c1ccc(Cl)cc1Br. The number of hydrogen-bond donors (Lipinski definition) is 1. The molecule has 0 fully saturated rings. The van der Waals surface area contributed by atoms with E-state index in [9.17, 15) is 4.79 Å². The molecular formula is C13H16Br2ClNO. The van der Waals surface area contributed by atoms with Gasteiger partial charge in [-0.2, -0.15) is 0 Å². The maximum atomic E-state index is 11.9. The molecule has 0 atom stereocenters. The van der Waals surface area contributed by atoms with Crippen molar-refractivity contribution < 1.29 is 4.79 Å². The molecule has 0 spiro atoms. The molecule has 0 aliphatic heterocycles. The van der Waals surface area contributed by atoms with E-state index < -0.39 is 0 Å². The molecule has 0 unspecified atom stereocenters. The van der Waals surface area contributed by atoms with E-state index in [-0.39, 0.29) is 5.91 Å². The van der Waals surface area contributed by atoms with Crippen LogP contribution in [0.2, 0.25) is 5.02 Å². The predicted octanol–water partition coefficient (Wildman–Crippen LogP) is 4.79. The summed E-state index contributed by atoms with van der Waals surface area (Å²) in [6, 6.07) is 5.18. The van der Waals surface area contributed by atoms with Crippen LogP contribution in [-0.2, 0) is 0 Å². The minimum absolute atomic E-state index is 0.0565. The van der Waals surface area contributed by atoms with Crippen molar-refractivity contribution in [3.05, 3.63) is 33.3 Å². The Bertz CT molecular complexity index is 399. The zero-order chi connectivity index (χ0) is 13.4. The lowest BCUT2D eigenvalue weighted by molar-refractivity contribution is 0.0952. The normalized spacial score (nSPS) is 10.4. The number of nitrogens with one attached hydrogen (secondary N) is 1. The van der Waals surface area contributed by atoms with Gasteiger partial charge in [-0.05, 0) is 47.0 Å². The van der Waals surface area contributed by atoms with Crippen LogP contribution in [0.5, 0.6) is 0 Å². The third-order valence-corrected chi connectivity index (χ3v) is 3.97. The Balaban J connectivity index is 2.32. The maximum Gasteiger partial charge on any atom is 0.252 e. The number of carbonyl (C=O) groups excluding carboxylic acids is 1. The van der Waals surface area contributed by atoms with Crippen LogP contribution < -0.4 is 5.32 Å². The second-order valence-corrected chi connectivity index (χ2v) is 6.07. The molecule has 1 aromatic rings. The molecule has 5 heteroatoms. The molecule has 1 N–H and O–H groups in total. The first kappa shape index (κ1) is 16.0. The average Bonchev–Trinajstić information content (AvgIpc) is 2.33. The maximum absolute atomic E-state index is 11.9. The van der Waals surface area contributed by atoms with E-state index in [0.29, 0.717) is 10.6 Å². The smallest absolute Gasteiger partial charge is 0.252 e. The molecule has 2 nitrogen and oxygen atoms in total. The molecule has 0 saturated carbocycles. The van der Waals surface area contributed by atoms with E-state index in [4.69, 9.17) is 11.6 Å². The Labute approximate surface area is 130 Å². The summed E-state index contributed by atoms with van der Waals surface area (Å²) in [7, 11) is 0. The molecule has 1 amide bonds. The lowest BCUT2D eigenvalue weighted by Gasteiger charge is -2.07. The quantitative estimate of drug-likeness (QED) is 0.520. The van der Waals surface area contributed by atoms with E-state index in [0.717, 1.165) is 29.2 Å². The number of carbonyl (C=O) groups is 1. The zero-order valence-electron chi connectivity index (χ0n) is 10.0. The molecule has 100 valence electrons. The van der Waals surface area contributed by atoms with Gasteiger partial charge in [0.15, 0.2) is 0 Å². The first-order valence-electron chi connectivity index (χ1n) is 5.94. The van der Waals surface area contributed by atoms with Crippen LogP contribution >= 0.6 is 43.5 Å². The molecule has 1 aromatic carbocycles. The molecule has 0 radical (unpaired) electrons. The van der Waals surface area contributed by atoms with Crippen LogP contribution in [0.4, 0.5) is 0 Å². The molecule has 0 saturated heterocycles. The highest BCUT2D eigenvalue weighted by Crippen LogP contribution is 2.21. The summed E-state index contributed by atoms with van der Waals surface area (Å²) in [4.78, 5) is 11.9. The van der Waals surface area contributed by atoms with Gasteiger partial charge in [-0.15, -0.1) is 0 Å². The lowest BCUT2D eigenvalue weighted by atomic mass is 10.2. The van der Waals surface area contributed by atoms with Crippen LogP contribution in [-0.4, -0.2) is 17.8 Å². The van der Waals surface area contributed by atoms with Gasteiger partial charge in [0.1, 0.15) is 0 Å². The molecular weight excluding hydrogens is 381 g/mol. The van der Waals surface area contributed by atoms with Crippen LogP contribution in [0.15, 0.2) is 22.7 Å². The van der Waals surface area contributed by atoms with Crippen molar-refractivity contribution in [2.45, 2.75) is 25.7 Å². The monoisotopic (exact) mass is 395 g/mol. The van der Waals surface area contributed by atoms with E-state index in [1.54, 1.807) is 18.2 Å². The standard InChI is InChI=1S/C13H16Br2ClNO/c14-7-3-1-2-4-8-17-13(18)11-6-5-10(16)9-12(11)15/h5-6,9H,1-4,7-8H2,(H,17,18). The Hall–Kier alpha value is -0.0600. The Kier molecular flexibility index (Phi) is 7.95. The number of rotatable bonds is 7. The van der Waals surface area contributed by atoms with E-state index in [2.05, 4.69) is 37.2 Å². The number of halogens is 3. The highest BCUT2D eigenvalue weighted by atomic mass is 79.9. The van der Waals surface area contributed by atoms with Crippen LogP contribution in [0.3, 0.4) is 0 Å². The number of alkyl halides is 1. The third-order valence-electron chi connectivity index (χ3n) is 2.52. The van der Waals surface area contributed by atoms with Crippen LogP contribution in [0.1, 0.15) is 36.0 Å². The summed E-state index contributed by atoms with van der Waals surface area (Å²) >= 11 is 12.6. The van der Waals surface area contributed by atoms with Gasteiger partial charge in [0.05, 0.1) is 5.56 Å². The van der Waals surface area contributed by atoms with Gasteiger partial charge in [0, 0.05) is 21.4 Å². The molecule has 0 heterocycles. The van der Waals surface area contributed by atoms with Gasteiger partial charge in [0.2, 0.25) is 0 Å². The summed E-state index contributed by atoms with van der Waals surface area (Å²) in [5.74, 6) is -0.0565. The minimum atomic E-state index is -0.0565. The molecule has 18 heavy (non-hydrogen) atoms. The van der Waals surface area contributed by atoms with Gasteiger partial charge < -0.3 is 5.32 Å². The summed E-state index contributed by atoms with van der Waals surface area (Å²) < 4.78 is 0.729. The summed E-state index contributed by atoms with van der Waals surface area (Å²) in [6.07, 6.45) is 4.56. The van der Waals surface area contributed by atoms with Gasteiger partial charge in [-0.1, -0.05) is 40.4 Å². The van der Waals surface area contributed by atoms with Gasteiger partial charge in [-0.3, -0.25) is 4.79 Å². The Morgan fingerprint density at radius 2 is 1.94 bits per heavy atom. The fraction of sp³-hybridized carbons (Fsp3) is 0.462. The van der Waals surface area contributed by atoms with Gasteiger partial charge >= 0.3 is 0 Å². The summed E-state index contributed by atoms with van der Waals surface area (Å²) in [5, 5.41) is 4.58. The van der Waals surface area contributed by atoms with E-state index >= 15 is 0 Å². The first-order valence-corrected chi connectivity index (χ1v) is 8.23. The van der Waals surface area contributed by atoms with Crippen molar-refractivity contribution >= 4 is 49.4 Å². The van der Waals surface area contributed by atoms with E-state index in [1.807, 2.05) is 0 Å². The lowest BCUT2D eigenvalue weighted by Crippen LogP contribution is -2.24.